The van der Waals surface area contributed by atoms with Gasteiger partial charge in [0.15, 0.2) is 5.15 Å². The molecule has 0 fully saturated rings. The molecule has 0 saturated heterocycles. The third-order valence-electron chi connectivity index (χ3n) is 1.77. The van der Waals surface area contributed by atoms with Crippen LogP contribution in [-0.4, -0.2) is 32.4 Å². The summed E-state index contributed by atoms with van der Waals surface area (Å²) in [5, 5.41) is 0.105. The summed E-state index contributed by atoms with van der Waals surface area (Å²) >= 11 is 8.96. The number of nitrogens with zero attached hydrogens (tertiary/aromatic N) is 1. The second kappa shape index (κ2) is 6.53. The molecule has 1 rings (SSSR count). The summed E-state index contributed by atoms with van der Waals surface area (Å²) in [5.74, 6) is -0.121. The number of aromatic nitrogens is 1. The highest BCUT2D eigenvalue weighted by molar-refractivity contribution is 9.10. The Labute approximate surface area is 114 Å². The summed E-state index contributed by atoms with van der Waals surface area (Å²) in [6.07, 6.45) is 1.49. The maximum atomic E-state index is 11.6. The van der Waals surface area contributed by atoms with Gasteiger partial charge >= 0.3 is 0 Å². The molecule has 0 aromatic carbocycles. The number of sulfonamides is 1. The van der Waals surface area contributed by atoms with Gasteiger partial charge in [0, 0.05) is 17.3 Å². The third-order valence-corrected chi connectivity index (χ3v) is 3.74. The minimum atomic E-state index is -3.47. The Morgan fingerprint density at radius 1 is 1.59 bits per heavy atom. The Morgan fingerprint density at radius 2 is 2.29 bits per heavy atom. The van der Waals surface area contributed by atoms with Gasteiger partial charge in [0.05, 0.1) is 18.0 Å². The molecule has 0 amide bonds. The van der Waals surface area contributed by atoms with E-state index in [-0.39, 0.29) is 23.2 Å². The molecule has 0 aliphatic rings. The van der Waals surface area contributed by atoms with Crippen molar-refractivity contribution in [3.8, 4) is 0 Å². The molecular formula is C9H12BrClN2O3S. The van der Waals surface area contributed by atoms with Gasteiger partial charge in [-0.1, -0.05) is 11.6 Å². The molecule has 1 N–H and O–H groups in total. The molecule has 96 valence electrons. The van der Waals surface area contributed by atoms with Crippen LogP contribution in [0.5, 0.6) is 0 Å². The van der Waals surface area contributed by atoms with E-state index < -0.39 is 10.0 Å². The van der Waals surface area contributed by atoms with Gasteiger partial charge in [-0.2, -0.15) is 0 Å². The normalized spacial score (nSPS) is 11.5. The smallest absolute Gasteiger partial charge is 0.235 e. The topological polar surface area (TPSA) is 68.3 Å². The highest BCUT2D eigenvalue weighted by Crippen LogP contribution is 2.23. The van der Waals surface area contributed by atoms with Crippen molar-refractivity contribution in [2.45, 2.75) is 6.92 Å². The van der Waals surface area contributed by atoms with E-state index >= 15 is 0 Å². The fraction of sp³-hybridized carbons (Fsp3) is 0.444. The van der Waals surface area contributed by atoms with Gasteiger partial charge in [0.1, 0.15) is 0 Å². The van der Waals surface area contributed by atoms with Crippen molar-refractivity contribution in [1.29, 1.82) is 0 Å². The lowest BCUT2D eigenvalue weighted by Crippen LogP contribution is -2.20. The van der Waals surface area contributed by atoms with E-state index in [4.69, 9.17) is 16.3 Å². The van der Waals surface area contributed by atoms with Crippen LogP contribution in [0.15, 0.2) is 16.7 Å². The highest BCUT2D eigenvalue weighted by Gasteiger charge is 2.13. The van der Waals surface area contributed by atoms with Crippen molar-refractivity contribution < 1.29 is 13.2 Å². The van der Waals surface area contributed by atoms with E-state index in [2.05, 4.69) is 25.6 Å². The van der Waals surface area contributed by atoms with Crippen molar-refractivity contribution in [2.75, 3.05) is 23.7 Å². The maximum absolute atomic E-state index is 11.6. The molecular weight excluding hydrogens is 332 g/mol. The van der Waals surface area contributed by atoms with Crippen molar-refractivity contribution in [3.63, 3.8) is 0 Å². The number of hydrogen-bond acceptors (Lipinski definition) is 4. The fourth-order valence-electron chi connectivity index (χ4n) is 1.03. The number of ether oxygens (including phenoxy) is 1. The van der Waals surface area contributed by atoms with Gasteiger partial charge in [-0.15, -0.1) is 0 Å². The van der Waals surface area contributed by atoms with Crippen molar-refractivity contribution in [1.82, 2.24) is 4.98 Å². The number of rotatable bonds is 6. The number of anilines is 1. The van der Waals surface area contributed by atoms with Gasteiger partial charge in [-0.3, -0.25) is 4.72 Å². The standard InChI is InChI=1S/C9H12BrClN2O3S/c1-2-16-3-4-17(14,15)13-8-5-7(10)6-12-9(8)11/h5-6,13H,2-4H2,1H3. The van der Waals surface area contributed by atoms with E-state index in [1.54, 1.807) is 13.0 Å². The molecule has 8 heteroatoms. The fourth-order valence-corrected chi connectivity index (χ4v) is 2.49. The van der Waals surface area contributed by atoms with E-state index in [1.165, 1.54) is 6.20 Å². The first-order valence-electron chi connectivity index (χ1n) is 4.84. The van der Waals surface area contributed by atoms with Crippen molar-refractivity contribution in [2.24, 2.45) is 0 Å². The molecule has 5 nitrogen and oxygen atoms in total. The molecule has 1 aromatic rings. The molecule has 0 saturated carbocycles. The average molecular weight is 344 g/mol. The summed E-state index contributed by atoms with van der Waals surface area (Å²) < 4.78 is 31.3. The first-order valence-corrected chi connectivity index (χ1v) is 7.66. The average Bonchev–Trinajstić information content (AvgIpc) is 2.23. The van der Waals surface area contributed by atoms with Crippen LogP contribution >= 0.6 is 27.5 Å². The second-order valence-corrected chi connectivity index (χ2v) is 6.23. The van der Waals surface area contributed by atoms with E-state index in [0.717, 1.165) is 0 Å². The highest BCUT2D eigenvalue weighted by atomic mass is 79.9. The van der Waals surface area contributed by atoms with E-state index in [0.29, 0.717) is 11.1 Å². The predicted octanol–water partition coefficient (Wildman–Crippen LogP) is 2.28. The summed E-state index contributed by atoms with van der Waals surface area (Å²) in [7, 11) is -3.47. The number of nitrogens with one attached hydrogen (secondary N) is 1. The van der Waals surface area contributed by atoms with Gasteiger partial charge in [-0.05, 0) is 28.9 Å². The molecule has 17 heavy (non-hydrogen) atoms. The monoisotopic (exact) mass is 342 g/mol. The van der Waals surface area contributed by atoms with Crippen LogP contribution in [0.3, 0.4) is 0 Å². The van der Waals surface area contributed by atoms with Crippen LogP contribution in [0, 0.1) is 0 Å². The predicted molar refractivity (Wildman–Crippen MR) is 70.8 cm³/mol. The largest absolute Gasteiger partial charge is 0.381 e. The first-order chi connectivity index (χ1) is 7.94. The molecule has 1 heterocycles. The zero-order valence-corrected chi connectivity index (χ0v) is 12.3. The lowest BCUT2D eigenvalue weighted by Gasteiger charge is -2.09. The second-order valence-electron chi connectivity index (χ2n) is 3.11. The quantitative estimate of drug-likeness (QED) is 0.635. The van der Waals surface area contributed by atoms with Gasteiger partial charge in [-0.25, -0.2) is 13.4 Å². The van der Waals surface area contributed by atoms with Gasteiger partial charge in [0.2, 0.25) is 10.0 Å². The zero-order valence-electron chi connectivity index (χ0n) is 9.11. The van der Waals surface area contributed by atoms with Gasteiger partial charge < -0.3 is 4.74 Å². The minimum Gasteiger partial charge on any atom is -0.381 e. The van der Waals surface area contributed by atoms with Crippen molar-refractivity contribution >= 4 is 43.2 Å². The number of pyridine rings is 1. The number of halogens is 2. The molecule has 0 aliphatic heterocycles. The lowest BCUT2D eigenvalue weighted by molar-refractivity contribution is 0.163. The van der Waals surface area contributed by atoms with E-state index in [1.807, 2.05) is 0 Å². The summed E-state index contributed by atoms with van der Waals surface area (Å²) in [6, 6.07) is 1.55. The molecule has 0 atom stereocenters. The Hall–Kier alpha value is -0.370. The lowest BCUT2D eigenvalue weighted by atomic mass is 10.4. The maximum Gasteiger partial charge on any atom is 0.235 e. The molecule has 0 radical (unpaired) electrons. The van der Waals surface area contributed by atoms with E-state index in [9.17, 15) is 8.42 Å². The Kier molecular flexibility index (Phi) is 5.64. The Bertz CT molecular complexity index is 481. The van der Waals surface area contributed by atoms with Gasteiger partial charge in [0.25, 0.3) is 0 Å². The molecule has 0 bridgehead atoms. The van der Waals surface area contributed by atoms with Crippen LogP contribution in [-0.2, 0) is 14.8 Å². The van der Waals surface area contributed by atoms with Crippen LogP contribution < -0.4 is 4.72 Å². The third kappa shape index (κ3) is 5.20. The molecule has 1 aromatic heterocycles. The Balaban J connectivity index is 2.72. The van der Waals surface area contributed by atoms with Crippen molar-refractivity contribution in [3.05, 3.63) is 21.9 Å². The Morgan fingerprint density at radius 3 is 2.94 bits per heavy atom. The summed E-state index contributed by atoms with van der Waals surface area (Å²) in [4.78, 5) is 3.82. The van der Waals surface area contributed by atoms with Crippen LogP contribution in [0.2, 0.25) is 5.15 Å². The SMILES string of the molecule is CCOCCS(=O)(=O)Nc1cc(Br)cnc1Cl. The van der Waals surface area contributed by atoms with Crippen LogP contribution in [0.4, 0.5) is 5.69 Å². The summed E-state index contributed by atoms with van der Waals surface area (Å²) in [6.45, 7) is 2.43. The summed E-state index contributed by atoms with van der Waals surface area (Å²) in [5.41, 5.74) is 0.248. The first kappa shape index (κ1) is 14.7. The van der Waals surface area contributed by atoms with Crippen LogP contribution in [0.25, 0.3) is 0 Å². The molecule has 0 unspecified atom stereocenters. The molecule has 0 spiro atoms. The number of hydrogen-bond donors (Lipinski definition) is 1. The molecule has 0 aliphatic carbocycles. The minimum absolute atomic E-state index is 0.105. The zero-order chi connectivity index (χ0) is 12.9. The van der Waals surface area contributed by atoms with Crippen LogP contribution in [0.1, 0.15) is 6.92 Å².